The normalized spacial score (nSPS) is 14.5. The van der Waals surface area contributed by atoms with E-state index in [1.807, 2.05) is 0 Å². The van der Waals surface area contributed by atoms with Gasteiger partial charge in [-0.05, 0) is 18.2 Å². The Labute approximate surface area is 185 Å². The minimum absolute atomic E-state index is 0.0686. The highest BCUT2D eigenvalue weighted by Gasteiger charge is 2.34. The summed E-state index contributed by atoms with van der Waals surface area (Å²) in [6.07, 6.45) is -4.69. The van der Waals surface area contributed by atoms with Gasteiger partial charge in [0, 0.05) is 50.7 Å². The summed E-state index contributed by atoms with van der Waals surface area (Å²) in [4.78, 5) is 39.2. The monoisotopic (exact) mass is 460 g/mol. The van der Waals surface area contributed by atoms with Crippen LogP contribution in [0.4, 0.5) is 24.5 Å². The summed E-state index contributed by atoms with van der Waals surface area (Å²) in [6.45, 7) is 0.780. The number of anilines is 1. The van der Waals surface area contributed by atoms with Crippen molar-refractivity contribution in [2.45, 2.75) is 6.18 Å². The number of benzene rings is 2. The van der Waals surface area contributed by atoms with Crippen molar-refractivity contribution in [3.63, 3.8) is 0 Å². The molecule has 0 spiro atoms. The third-order valence-corrected chi connectivity index (χ3v) is 5.79. The maximum atomic E-state index is 13.2. The predicted octanol–water partition coefficient (Wildman–Crippen LogP) is 3.43. The minimum atomic E-state index is -4.69. The Kier molecular flexibility index (Phi) is 5.56. The molecule has 0 aliphatic carbocycles. The van der Waals surface area contributed by atoms with Crippen LogP contribution in [0.25, 0.3) is 10.9 Å². The van der Waals surface area contributed by atoms with E-state index in [1.54, 1.807) is 36.2 Å². The Hall–Kier alpha value is -3.89. The Morgan fingerprint density at radius 2 is 1.70 bits per heavy atom. The van der Waals surface area contributed by atoms with Gasteiger partial charge >= 0.3 is 6.18 Å². The maximum Gasteiger partial charge on any atom is 0.416 e. The zero-order valence-electron chi connectivity index (χ0n) is 17.5. The highest BCUT2D eigenvalue weighted by Crippen LogP contribution is 2.36. The van der Waals surface area contributed by atoms with Crippen LogP contribution in [0.2, 0.25) is 0 Å². The molecule has 0 bridgehead atoms. The van der Waals surface area contributed by atoms with Gasteiger partial charge in [0.1, 0.15) is 5.69 Å². The molecule has 11 heteroatoms. The molecule has 1 saturated heterocycles. The van der Waals surface area contributed by atoms with E-state index in [-0.39, 0.29) is 48.9 Å². The van der Waals surface area contributed by atoms with E-state index in [0.717, 1.165) is 12.1 Å². The average Bonchev–Trinajstić information content (AvgIpc) is 2.80. The number of carbonyl (C=O) groups is 1. The van der Waals surface area contributed by atoms with Gasteiger partial charge in [-0.1, -0.05) is 18.2 Å². The number of halogens is 3. The number of rotatable bonds is 3. The van der Waals surface area contributed by atoms with Crippen molar-refractivity contribution < 1.29 is 22.9 Å². The van der Waals surface area contributed by atoms with Crippen molar-refractivity contribution in [1.29, 1.82) is 0 Å². The van der Waals surface area contributed by atoms with E-state index in [0.29, 0.717) is 17.0 Å². The lowest BCUT2D eigenvalue weighted by Gasteiger charge is -2.36. The van der Waals surface area contributed by atoms with Gasteiger partial charge in [-0.2, -0.15) is 13.2 Å². The van der Waals surface area contributed by atoms with Gasteiger partial charge in [-0.25, -0.2) is 0 Å². The summed E-state index contributed by atoms with van der Waals surface area (Å²) in [6, 6.07) is 10.8. The number of para-hydroxylation sites is 1. The number of fused-ring (bicyclic) bond motifs is 1. The number of alkyl halides is 3. The van der Waals surface area contributed by atoms with E-state index in [9.17, 15) is 32.9 Å². The second kappa shape index (κ2) is 8.23. The van der Waals surface area contributed by atoms with Gasteiger partial charge in [-0.15, -0.1) is 0 Å². The molecule has 2 heterocycles. The summed E-state index contributed by atoms with van der Waals surface area (Å²) >= 11 is 0. The van der Waals surface area contributed by atoms with Crippen molar-refractivity contribution >= 4 is 28.2 Å². The zero-order valence-corrected chi connectivity index (χ0v) is 17.5. The number of hydrogen-bond donors (Lipinski definition) is 0. The topological polar surface area (TPSA) is 88.7 Å². The number of amides is 1. The second-order valence-corrected chi connectivity index (χ2v) is 7.71. The molecule has 0 N–H and O–H groups in total. The van der Waals surface area contributed by atoms with Crippen LogP contribution in [0.15, 0.2) is 53.3 Å². The molecule has 8 nitrogen and oxygen atoms in total. The lowest BCUT2D eigenvalue weighted by molar-refractivity contribution is -0.384. The molecule has 0 saturated carbocycles. The molecule has 1 aromatic heterocycles. The first kappa shape index (κ1) is 22.3. The van der Waals surface area contributed by atoms with E-state index >= 15 is 0 Å². The number of pyridine rings is 1. The Morgan fingerprint density at radius 1 is 1.03 bits per heavy atom. The summed E-state index contributed by atoms with van der Waals surface area (Å²) in [5, 5.41) is 12.0. The first-order chi connectivity index (χ1) is 15.6. The van der Waals surface area contributed by atoms with Crippen molar-refractivity contribution in [2.24, 2.45) is 7.05 Å². The van der Waals surface area contributed by atoms with Crippen molar-refractivity contribution in [3.05, 3.63) is 80.1 Å². The first-order valence-corrected chi connectivity index (χ1v) is 10.1. The molecule has 3 aromatic rings. The first-order valence-electron chi connectivity index (χ1n) is 10.1. The van der Waals surface area contributed by atoms with Crippen LogP contribution in [-0.2, 0) is 13.2 Å². The smallest absolute Gasteiger partial charge is 0.362 e. The molecule has 0 atom stereocenters. The molecule has 4 rings (SSSR count). The Balaban J connectivity index is 1.58. The maximum absolute atomic E-state index is 13.2. The van der Waals surface area contributed by atoms with Gasteiger partial charge in [-0.3, -0.25) is 19.7 Å². The lowest BCUT2D eigenvalue weighted by Crippen LogP contribution is -2.49. The summed E-state index contributed by atoms with van der Waals surface area (Å²) in [7, 11) is 1.62. The van der Waals surface area contributed by atoms with Crippen molar-refractivity contribution in [2.75, 3.05) is 31.1 Å². The molecule has 1 aliphatic heterocycles. The predicted molar refractivity (Wildman–Crippen MR) is 115 cm³/mol. The number of nitro benzene ring substituents is 1. The molecule has 1 fully saturated rings. The van der Waals surface area contributed by atoms with Gasteiger partial charge in [0.2, 0.25) is 0 Å². The van der Waals surface area contributed by atoms with Crippen LogP contribution in [0.5, 0.6) is 0 Å². The van der Waals surface area contributed by atoms with Crippen LogP contribution >= 0.6 is 0 Å². The molecule has 172 valence electrons. The second-order valence-electron chi connectivity index (χ2n) is 7.71. The van der Waals surface area contributed by atoms with E-state index in [2.05, 4.69) is 0 Å². The minimum Gasteiger partial charge on any atom is -0.362 e. The molecule has 1 amide bonds. The molecular formula is C22H19F3N4O4. The third kappa shape index (κ3) is 4.13. The zero-order chi connectivity index (χ0) is 23.9. The largest absolute Gasteiger partial charge is 0.416 e. The standard InChI is InChI=1S/C22H19F3N4O4/c1-26-17-5-3-2-4-15(17)16(13-20(26)30)21(31)28-10-8-27(9-11-28)18-7-6-14(22(23,24)25)12-19(18)29(32)33/h2-7,12-13H,8-11H2,1H3. The summed E-state index contributed by atoms with van der Waals surface area (Å²) in [5.41, 5.74) is -1.10. The quantitative estimate of drug-likeness (QED) is 0.442. The van der Waals surface area contributed by atoms with Crippen molar-refractivity contribution in [1.82, 2.24) is 9.47 Å². The fraction of sp³-hybridized carbons (Fsp3) is 0.273. The average molecular weight is 460 g/mol. The Morgan fingerprint density at radius 3 is 2.33 bits per heavy atom. The fourth-order valence-electron chi connectivity index (χ4n) is 4.02. The number of nitrogens with zero attached hydrogens (tertiary/aromatic N) is 4. The van der Waals surface area contributed by atoms with E-state index in [4.69, 9.17) is 0 Å². The SMILES string of the molecule is Cn1c(=O)cc(C(=O)N2CCN(c3ccc(C(F)(F)F)cc3[N+](=O)[O-])CC2)c2ccccc21. The summed E-state index contributed by atoms with van der Waals surface area (Å²) < 4.78 is 40.4. The number of nitro groups is 1. The van der Waals surface area contributed by atoms with Crippen LogP contribution < -0.4 is 10.5 Å². The van der Waals surface area contributed by atoms with Gasteiger partial charge in [0.25, 0.3) is 17.2 Å². The van der Waals surface area contributed by atoms with Crippen LogP contribution in [0.3, 0.4) is 0 Å². The molecule has 1 aliphatic rings. The highest BCUT2D eigenvalue weighted by molar-refractivity contribution is 6.06. The number of aromatic nitrogens is 1. The molecule has 2 aromatic carbocycles. The molecular weight excluding hydrogens is 441 g/mol. The van der Waals surface area contributed by atoms with Crippen LogP contribution in [-0.4, -0.2) is 46.5 Å². The summed E-state index contributed by atoms with van der Waals surface area (Å²) in [5.74, 6) is -0.342. The fourth-order valence-corrected chi connectivity index (χ4v) is 4.02. The van der Waals surface area contributed by atoms with Gasteiger partial charge in [0.15, 0.2) is 0 Å². The highest BCUT2D eigenvalue weighted by atomic mass is 19.4. The Bertz CT molecular complexity index is 1310. The number of piperazine rings is 1. The number of carbonyl (C=O) groups excluding carboxylic acids is 1. The van der Waals surface area contributed by atoms with Crippen LogP contribution in [0, 0.1) is 10.1 Å². The molecule has 33 heavy (non-hydrogen) atoms. The van der Waals surface area contributed by atoms with Gasteiger partial charge < -0.3 is 14.4 Å². The lowest BCUT2D eigenvalue weighted by atomic mass is 10.1. The van der Waals surface area contributed by atoms with E-state index < -0.39 is 22.4 Å². The third-order valence-electron chi connectivity index (χ3n) is 5.79. The van der Waals surface area contributed by atoms with Gasteiger partial charge in [0.05, 0.1) is 21.6 Å². The van der Waals surface area contributed by atoms with Crippen LogP contribution in [0.1, 0.15) is 15.9 Å². The molecule has 0 radical (unpaired) electrons. The van der Waals surface area contributed by atoms with E-state index in [1.165, 1.54) is 15.5 Å². The number of hydrogen-bond acceptors (Lipinski definition) is 5. The molecule has 0 unspecified atom stereocenters. The van der Waals surface area contributed by atoms with Crippen molar-refractivity contribution in [3.8, 4) is 0 Å². The number of aryl methyl sites for hydroxylation is 1.